The Morgan fingerprint density at radius 2 is 1.70 bits per heavy atom. The van der Waals surface area contributed by atoms with Crippen LogP contribution in [0.3, 0.4) is 0 Å². The highest BCUT2D eigenvalue weighted by molar-refractivity contribution is 14.1. The number of aryl methyl sites for hydroxylation is 1. The summed E-state index contributed by atoms with van der Waals surface area (Å²) in [5.41, 5.74) is 2.74. The van der Waals surface area contributed by atoms with Crippen LogP contribution >= 0.6 is 22.4 Å². The van der Waals surface area contributed by atoms with Crippen molar-refractivity contribution in [3.8, 4) is 0 Å². The first kappa shape index (κ1) is 8.11. The topological polar surface area (TPSA) is 0 Å². The molecule has 0 N–H and O–H groups in total. The van der Waals surface area contributed by atoms with Crippen LogP contribution in [0.15, 0.2) is 24.3 Å². The lowest BCUT2D eigenvalue weighted by atomic mass is 9.73. The number of benzene rings is 1. The monoisotopic (exact) mass is 244 g/mol. The Hall–Kier alpha value is 0.0149. The molecule has 0 aliphatic carbocycles. The van der Waals surface area contributed by atoms with Gasteiger partial charge in [-0.05, 0) is 6.92 Å². The normalized spacial score (nSPS) is 9.50. The van der Waals surface area contributed by atoms with E-state index in [0.29, 0.717) is 4.57 Å². The Balaban J connectivity index is 2.89. The Bertz CT molecular complexity index is 203. The maximum absolute atomic E-state index is 2.42. The van der Waals surface area contributed by atoms with E-state index in [4.69, 9.17) is 0 Å². The average Bonchev–Trinajstić information content (AvgIpc) is 1.88. The fourth-order valence-electron chi connectivity index (χ4n) is 0.832. The van der Waals surface area contributed by atoms with Gasteiger partial charge in [0.25, 0.3) is 0 Å². The van der Waals surface area contributed by atoms with E-state index >= 15 is 0 Å². The van der Waals surface area contributed by atoms with Crippen LogP contribution in [0.1, 0.15) is 5.56 Å². The molecule has 0 atom stereocenters. The molecule has 0 aliphatic rings. The largest absolute Gasteiger partial charge is 0.246 e. The zero-order chi connectivity index (χ0) is 7.56. The number of hydrogen-bond donors (Lipinski definition) is 0. The molecule has 0 aromatic heterocycles. The minimum Gasteiger partial charge on any atom is -0.143 e. The second-order valence-corrected chi connectivity index (χ2v) is 4.40. The highest BCUT2D eigenvalue weighted by atomic mass is 127. The maximum Gasteiger partial charge on any atom is 0.246 e. The van der Waals surface area contributed by atoms with E-state index in [0.717, 1.165) is 0 Å². The van der Waals surface area contributed by atoms with Crippen molar-refractivity contribution in [1.82, 2.24) is 0 Å². The molecule has 0 bridgehead atoms. The summed E-state index contributed by atoms with van der Waals surface area (Å²) in [5, 5.41) is 0. The lowest BCUT2D eigenvalue weighted by Gasteiger charge is -1.99. The van der Waals surface area contributed by atoms with Crippen LogP contribution in [0, 0.1) is 6.92 Å². The summed E-state index contributed by atoms with van der Waals surface area (Å²) in [6.45, 7) is 4.31. The summed E-state index contributed by atoms with van der Waals surface area (Å²) >= 11 is 2.42. The molecule has 0 aliphatic heterocycles. The molecule has 1 rings (SSSR count). The number of hydrogen-bond acceptors (Lipinski definition) is 0. The van der Waals surface area contributed by atoms with Gasteiger partial charge in [-0.1, -0.05) is 42.1 Å². The maximum atomic E-state index is 2.42. The molecule has 0 saturated carbocycles. The van der Waals surface area contributed by atoms with Crippen LogP contribution < -0.4 is 5.46 Å². The second kappa shape index (κ2) is 3.42. The van der Waals surface area contributed by atoms with Crippen LogP contribution in [0.4, 0.5) is 0 Å². The fourth-order valence-corrected chi connectivity index (χ4v) is 1.25. The predicted octanol–water partition coefficient (Wildman–Crippen LogP) is 2.26. The van der Waals surface area contributed by atoms with Crippen LogP contribution in [0.5, 0.6) is 0 Å². The van der Waals surface area contributed by atoms with Gasteiger partial charge in [-0.3, -0.25) is 0 Å². The first-order valence-corrected chi connectivity index (χ1v) is 4.65. The molecular weight excluding hydrogens is 234 g/mol. The molecule has 0 nitrogen and oxygen atoms in total. The summed E-state index contributed by atoms with van der Waals surface area (Å²) in [5.74, 6) is 0. The van der Waals surface area contributed by atoms with Crippen molar-refractivity contribution in [2.45, 2.75) is 13.7 Å². The SMILES string of the molecule is CB(I)c1ccc(C)cc1. The lowest BCUT2D eigenvalue weighted by Crippen LogP contribution is -2.18. The third-order valence-electron chi connectivity index (χ3n) is 1.54. The van der Waals surface area contributed by atoms with Crippen LogP contribution in [-0.4, -0.2) is 4.57 Å². The Morgan fingerprint density at radius 1 is 1.20 bits per heavy atom. The van der Waals surface area contributed by atoms with E-state index in [-0.39, 0.29) is 0 Å². The molecule has 52 valence electrons. The quantitative estimate of drug-likeness (QED) is 0.525. The Morgan fingerprint density at radius 3 is 2.10 bits per heavy atom. The molecule has 0 spiro atoms. The molecule has 1 aromatic carbocycles. The Kier molecular flexibility index (Phi) is 2.77. The number of rotatable bonds is 1. The highest BCUT2D eigenvalue weighted by Gasteiger charge is 2.02. The molecule has 0 unspecified atom stereocenters. The van der Waals surface area contributed by atoms with E-state index in [1.807, 2.05) is 0 Å². The molecule has 2 heteroatoms. The van der Waals surface area contributed by atoms with Gasteiger partial charge in [0.15, 0.2) is 0 Å². The van der Waals surface area contributed by atoms with Crippen LogP contribution in [0.2, 0.25) is 6.82 Å². The first-order valence-electron chi connectivity index (χ1n) is 3.41. The van der Waals surface area contributed by atoms with E-state index in [2.05, 4.69) is 60.4 Å². The summed E-state index contributed by atoms with van der Waals surface area (Å²) in [4.78, 5) is 0. The molecule has 0 radical (unpaired) electrons. The van der Waals surface area contributed by atoms with Gasteiger partial charge in [0.1, 0.15) is 0 Å². The van der Waals surface area contributed by atoms with Gasteiger partial charge in [-0.2, -0.15) is 0 Å². The minimum absolute atomic E-state index is 0.623. The number of halogens is 1. The molecular formula is C8H10BI. The molecule has 1 aromatic rings. The summed E-state index contributed by atoms with van der Waals surface area (Å²) in [6.07, 6.45) is 0. The van der Waals surface area contributed by atoms with Crippen LogP contribution in [0.25, 0.3) is 0 Å². The van der Waals surface area contributed by atoms with Crippen LogP contribution in [-0.2, 0) is 0 Å². The first-order chi connectivity index (χ1) is 4.70. The third kappa shape index (κ3) is 2.01. The summed E-state index contributed by atoms with van der Waals surface area (Å²) in [7, 11) is 0. The second-order valence-electron chi connectivity index (χ2n) is 2.53. The predicted molar refractivity (Wildman–Crippen MR) is 56.5 cm³/mol. The van der Waals surface area contributed by atoms with Crippen molar-refractivity contribution in [1.29, 1.82) is 0 Å². The molecule has 0 saturated heterocycles. The average molecular weight is 244 g/mol. The zero-order valence-corrected chi connectivity index (χ0v) is 8.42. The van der Waals surface area contributed by atoms with E-state index in [9.17, 15) is 0 Å². The van der Waals surface area contributed by atoms with Gasteiger partial charge in [-0.15, -0.1) is 22.4 Å². The van der Waals surface area contributed by atoms with Gasteiger partial charge in [0.05, 0.1) is 0 Å². The van der Waals surface area contributed by atoms with Crippen molar-refractivity contribution in [3.63, 3.8) is 0 Å². The van der Waals surface area contributed by atoms with E-state index < -0.39 is 0 Å². The van der Waals surface area contributed by atoms with Crippen molar-refractivity contribution in [3.05, 3.63) is 29.8 Å². The van der Waals surface area contributed by atoms with Crippen molar-refractivity contribution in [2.75, 3.05) is 0 Å². The Labute approximate surface area is 76.0 Å². The standard InChI is InChI=1S/C8H10BI/c1-7-3-5-8(6-4-7)9(2)10/h3-6H,1-2H3. The zero-order valence-electron chi connectivity index (χ0n) is 6.26. The summed E-state index contributed by atoms with van der Waals surface area (Å²) < 4.78 is 0.623. The summed E-state index contributed by atoms with van der Waals surface area (Å²) in [6, 6.07) is 8.69. The molecule has 0 amide bonds. The van der Waals surface area contributed by atoms with E-state index in [1.165, 1.54) is 11.0 Å². The fraction of sp³-hybridized carbons (Fsp3) is 0.250. The van der Waals surface area contributed by atoms with Gasteiger partial charge in [-0.25, -0.2) is 0 Å². The van der Waals surface area contributed by atoms with Crippen molar-refractivity contribution < 1.29 is 0 Å². The van der Waals surface area contributed by atoms with Gasteiger partial charge in [0.2, 0.25) is 4.57 Å². The molecule has 10 heavy (non-hydrogen) atoms. The van der Waals surface area contributed by atoms with Gasteiger partial charge >= 0.3 is 0 Å². The van der Waals surface area contributed by atoms with Crippen molar-refractivity contribution >= 4 is 32.4 Å². The lowest BCUT2D eigenvalue weighted by molar-refractivity contribution is 1.49. The van der Waals surface area contributed by atoms with Gasteiger partial charge < -0.3 is 0 Å². The highest BCUT2D eigenvalue weighted by Crippen LogP contribution is 1.98. The van der Waals surface area contributed by atoms with Gasteiger partial charge in [0, 0.05) is 0 Å². The molecule has 0 fully saturated rings. The minimum atomic E-state index is 0.623. The molecule has 0 heterocycles. The van der Waals surface area contributed by atoms with Crippen molar-refractivity contribution in [2.24, 2.45) is 0 Å². The smallest absolute Gasteiger partial charge is 0.143 e. The third-order valence-corrected chi connectivity index (χ3v) is 2.26. The van der Waals surface area contributed by atoms with E-state index in [1.54, 1.807) is 0 Å².